The zero-order chi connectivity index (χ0) is 11.4. The standard InChI is InChI=1S/C12H21NO3/c1-2-11-9-10(5-8-15-11)12(14)13-6-3-4-7-16-13/h10-11H,2-9H2,1H3. The summed E-state index contributed by atoms with van der Waals surface area (Å²) in [5, 5.41) is 1.58. The van der Waals surface area contributed by atoms with E-state index in [4.69, 9.17) is 9.57 Å². The van der Waals surface area contributed by atoms with Crippen LogP contribution in [0.15, 0.2) is 0 Å². The number of nitrogens with zero attached hydrogens (tertiary/aromatic N) is 1. The highest BCUT2D eigenvalue weighted by Gasteiger charge is 2.31. The molecule has 2 aliphatic rings. The summed E-state index contributed by atoms with van der Waals surface area (Å²) in [5.74, 6) is 0.276. The molecule has 2 aliphatic heterocycles. The van der Waals surface area contributed by atoms with Crippen LogP contribution in [0, 0.1) is 5.92 Å². The van der Waals surface area contributed by atoms with E-state index in [0.717, 1.165) is 38.6 Å². The fourth-order valence-electron chi connectivity index (χ4n) is 2.36. The first kappa shape index (κ1) is 11.9. The van der Waals surface area contributed by atoms with Crippen molar-refractivity contribution in [2.45, 2.75) is 45.1 Å². The van der Waals surface area contributed by atoms with Gasteiger partial charge in [0.1, 0.15) is 0 Å². The van der Waals surface area contributed by atoms with Crippen molar-refractivity contribution in [3.8, 4) is 0 Å². The van der Waals surface area contributed by atoms with Gasteiger partial charge in [0.25, 0.3) is 0 Å². The molecule has 92 valence electrons. The zero-order valence-electron chi connectivity index (χ0n) is 9.98. The molecule has 0 aromatic rings. The average molecular weight is 227 g/mol. The van der Waals surface area contributed by atoms with Crippen LogP contribution in [0.1, 0.15) is 39.0 Å². The van der Waals surface area contributed by atoms with Crippen LogP contribution in [0.4, 0.5) is 0 Å². The van der Waals surface area contributed by atoms with Gasteiger partial charge in [0.2, 0.25) is 5.91 Å². The summed E-state index contributed by atoms with van der Waals surface area (Å²) >= 11 is 0. The Kier molecular flexibility index (Phi) is 4.18. The molecule has 0 saturated carbocycles. The number of carbonyl (C=O) groups excluding carboxylic acids is 1. The van der Waals surface area contributed by atoms with Crippen molar-refractivity contribution in [3.05, 3.63) is 0 Å². The lowest BCUT2D eigenvalue weighted by molar-refractivity contribution is -0.204. The summed E-state index contributed by atoms with van der Waals surface area (Å²) < 4.78 is 5.58. The van der Waals surface area contributed by atoms with E-state index in [9.17, 15) is 4.79 Å². The summed E-state index contributed by atoms with van der Waals surface area (Å²) in [4.78, 5) is 17.6. The maximum atomic E-state index is 12.2. The van der Waals surface area contributed by atoms with Crippen LogP contribution in [-0.2, 0) is 14.4 Å². The second-order valence-corrected chi connectivity index (χ2v) is 4.60. The van der Waals surface area contributed by atoms with E-state index in [2.05, 4.69) is 6.92 Å². The molecule has 0 aromatic heterocycles. The van der Waals surface area contributed by atoms with E-state index < -0.39 is 0 Å². The fourth-order valence-corrected chi connectivity index (χ4v) is 2.36. The molecule has 0 aromatic carbocycles. The molecular formula is C12H21NO3. The number of carbonyl (C=O) groups is 1. The third-order valence-corrected chi connectivity index (χ3v) is 3.42. The van der Waals surface area contributed by atoms with Crippen LogP contribution in [0.5, 0.6) is 0 Å². The molecule has 0 spiro atoms. The van der Waals surface area contributed by atoms with Gasteiger partial charge in [-0.1, -0.05) is 6.92 Å². The molecule has 1 amide bonds. The number of hydrogen-bond acceptors (Lipinski definition) is 3. The molecule has 2 atom stereocenters. The summed E-state index contributed by atoms with van der Waals surface area (Å²) in [6, 6.07) is 0. The van der Waals surface area contributed by atoms with E-state index in [1.54, 1.807) is 5.06 Å². The second kappa shape index (κ2) is 5.64. The molecular weight excluding hydrogens is 206 g/mol. The van der Waals surface area contributed by atoms with Crippen LogP contribution >= 0.6 is 0 Å². The highest BCUT2D eigenvalue weighted by atomic mass is 16.7. The Morgan fingerprint density at radius 1 is 1.38 bits per heavy atom. The highest BCUT2D eigenvalue weighted by Crippen LogP contribution is 2.25. The third-order valence-electron chi connectivity index (χ3n) is 3.42. The maximum absolute atomic E-state index is 12.2. The van der Waals surface area contributed by atoms with Crippen molar-refractivity contribution < 1.29 is 14.4 Å². The van der Waals surface area contributed by atoms with Crippen LogP contribution in [0.3, 0.4) is 0 Å². The summed E-state index contributed by atoms with van der Waals surface area (Å²) in [7, 11) is 0. The first-order valence-electron chi connectivity index (χ1n) is 6.37. The van der Waals surface area contributed by atoms with Gasteiger partial charge in [-0.25, -0.2) is 5.06 Å². The summed E-state index contributed by atoms with van der Waals surface area (Å²) in [5.41, 5.74) is 0. The van der Waals surface area contributed by atoms with Crippen molar-refractivity contribution >= 4 is 5.91 Å². The van der Waals surface area contributed by atoms with E-state index in [1.807, 2.05) is 0 Å². The molecule has 0 bridgehead atoms. The normalized spacial score (nSPS) is 31.4. The molecule has 2 saturated heterocycles. The molecule has 2 heterocycles. The van der Waals surface area contributed by atoms with Crippen molar-refractivity contribution in [3.63, 3.8) is 0 Å². The van der Waals surface area contributed by atoms with Crippen molar-refractivity contribution in [2.75, 3.05) is 19.8 Å². The Morgan fingerprint density at radius 3 is 2.94 bits per heavy atom. The van der Waals surface area contributed by atoms with Gasteiger partial charge in [-0.2, -0.15) is 0 Å². The Hall–Kier alpha value is -0.610. The Balaban J connectivity index is 1.87. The van der Waals surface area contributed by atoms with Gasteiger partial charge in [-0.05, 0) is 32.1 Å². The lowest BCUT2D eigenvalue weighted by Gasteiger charge is -2.33. The van der Waals surface area contributed by atoms with Crippen molar-refractivity contribution in [1.29, 1.82) is 0 Å². The minimum absolute atomic E-state index is 0.108. The molecule has 2 fully saturated rings. The summed E-state index contributed by atoms with van der Waals surface area (Å²) in [6.07, 6.45) is 5.07. The van der Waals surface area contributed by atoms with Gasteiger partial charge in [0.05, 0.1) is 12.7 Å². The number of rotatable bonds is 2. The van der Waals surface area contributed by atoms with Crippen LogP contribution < -0.4 is 0 Å². The number of ether oxygens (including phenoxy) is 1. The number of hydroxylamine groups is 2. The molecule has 0 N–H and O–H groups in total. The van der Waals surface area contributed by atoms with Gasteiger partial charge >= 0.3 is 0 Å². The van der Waals surface area contributed by atoms with Gasteiger partial charge in [0.15, 0.2) is 0 Å². The van der Waals surface area contributed by atoms with Crippen molar-refractivity contribution in [1.82, 2.24) is 5.06 Å². The smallest absolute Gasteiger partial charge is 0.249 e. The largest absolute Gasteiger partial charge is 0.378 e. The SMILES string of the molecule is CCC1CC(C(=O)N2CCCCO2)CCO1. The van der Waals surface area contributed by atoms with Crippen LogP contribution in [-0.4, -0.2) is 36.8 Å². The molecule has 16 heavy (non-hydrogen) atoms. The van der Waals surface area contributed by atoms with E-state index in [1.165, 1.54) is 0 Å². The topological polar surface area (TPSA) is 38.8 Å². The first-order chi connectivity index (χ1) is 7.81. The highest BCUT2D eigenvalue weighted by molar-refractivity contribution is 5.78. The molecule has 4 nitrogen and oxygen atoms in total. The van der Waals surface area contributed by atoms with E-state index >= 15 is 0 Å². The second-order valence-electron chi connectivity index (χ2n) is 4.60. The molecule has 4 heteroatoms. The van der Waals surface area contributed by atoms with Crippen LogP contribution in [0.25, 0.3) is 0 Å². The van der Waals surface area contributed by atoms with Gasteiger partial charge in [-0.3, -0.25) is 9.63 Å². The third kappa shape index (κ3) is 2.74. The lowest BCUT2D eigenvalue weighted by atomic mass is 9.93. The number of amides is 1. The Labute approximate surface area is 96.8 Å². The predicted molar refractivity (Wildman–Crippen MR) is 59.7 cm³/mol. The van der Waals surface area contributed by atoms with E-state index in [0.29, 0.717) is 13.2 Å². The molecule has 2 rings (SSSR count). The molecule has 0 aliphatic carbocycles. The maximum Gasteiger partial charge on any atom is 0.249 e. The molecule has 2 unspecified atom stereocenters. The quantitative estimate of drug-likeness (QED) is 0.721. The van der Waals surface area contributed by atoms with Gasteiger partial charge in [0, 0.05) is 19.1 Å². The van der Waals surface area contributed by atoms with Gasteiger partial charge < -0.3 is 4.74 Å². The fraction of sp³-hybridized carbons (Fsp3) is 0.917. The average Bonchev–Trinajstić information content (AvgIpc) is 2.39. The molecule has 0 radical (unpaired) electrons. The van der Waals surface area contributed by atoms with Gasteiger partial charge in [-0.15, -0.1) is 0 Å². The lowest BCUT2D eigenvalue weighted by Crippen LogP contribution is -2.42. The summed E-state index contributed by atoms with van der Waals surface area (Å²) in [6.45, 7) is 4.26. The Bertz CT molecular complexity index is 238. The Morgan fingerprint density at radius 2 is 2.25 bits per heavy atom. The van der Waals surface area contributed by atoms with Crippen molar-refractivity contribution in [2.24, 2.45) is 5.92 Å². The van der Waals surface area contributed by atoms with E-state index in [-0.39, 0.29) is 17.9 Å². The van der Waals surface area contributed by atoms with Crippen LogP contribution in [0.2, 0.25) is 0 Å². The zero-order valence-corrected chi connectivity index (χ0v) is 9.98. The predicted octanol–water partition coefficient (Wildman–Crippen LogP) is 1.75. The first-order valence-corrected chi connectivity index (χ1v) is 6.37. The number of hydrogen-bond donors (Lipinski definition) is 0. The monoisotopic (exact) mass is 227 g/mol. The minimum Gasteiger partial charge on any atom is -0.378 e. The minimum atomic E-state index is 0.108.